The summed E-state index contributed by atoms with van der Waals surface area (Å²) in [5, 5.41) is 14.1. The van der Waals surface area contributed by atoms with Crippen LogP contribution in [-0.4, -0.2) is 13.1 Å². The van der Waals surface area contributed by atoms with Crippen LogP contribution in [0.1, 0.15) is 29.7 Å². The van der Waals surface area contributed by atoms with Crippen LogP contribution in [0, 0.1) is 17.1 Å². The Morgan fingerprint density at radius 1 is 1.33 bits per heavy atom. The van der Waals surface area contributed by atoms with Crippen molar-refractivity contribution in [2.75, 3.05) is 7.11 Å². The van der Waals surface area contributed by atoms with Crippen LogP contribution in [0.5, 0.6) is 5.75 Å². The average molecular weight is 327 g/mol. The highest BCUT2D eigenvalue weighted by Crippen LogP contribution is 2.24. The summed E-state index contributed by atoms with van der Waals surface area (Å²) in [6.07, 6.45) is 0. The average Bonchev–Trinajstić information content (AvgIpc) is 2.60. The lowest BCUT2D eigenvalue weighted by molar-refractivity contribution is 0.237. The topological polar surface area (TPSA) is 74.2 Å². The van der Waals surface area contributed by atoms with E-state index in [1.54, 1.807) is 7.11 Å². The normalized spacial score (nSPS) is 11.2. The summed E-state index contributed by atoms with van der Waals surface area (Å²) in [6.45, 7) is 1.86. The Balaban J connectivity index is 1.95. The van der Waals surface area contributed by atoms with Crippen LogP contribution in [0.15, 0.2) is 42.5 Å². The van der Waals surface area contributed by atoms with Gasteiger partial charge in [-0.2, -0.15) is 5.26 Å². The van der Waals surface area contributed by atoms with E-state index in [4.69, 9.17) is 10.00 Å². The predicted molar refractivity (Wildman–Crippen MR) is 87.9 cm³/mol. The van der Waals surface area contributed by atoms with E-state index in [1.165, 1.54) is 12.1 Å². The highest BCUT2D eigenvalue weighted by Gasteiger charge is 2.13. The van der Waals surface area contributed by atoms with Crippen molar-refractivity contribution in [2.45, 2.75) is 19.5 Å². The van der Waals surface area contributed by atoms with Gasteiger partial charge in [0.1, 0.15) is 11.6 Å². The van der Waals surface area contributed by atoms with Crippen LogP contribution in [0.4, 0.5) is 9.18 Å². The summed E-state index contributed by atoms with van der Waals surface area (Å²) in [5.41, 5.74) is 1.40. The van der Waals surface area contributed by atoms with Crippen molar-refractivity contribution in [1.29, 1.82) is 5.26 Å². The molecule has 0 saturated carbocycles. The van der Waals surface area contributed by atoms with Gasteiger partial charge < -0.3 is 15.4 Å². The summed E-state index contributed by atoms with van der Waals surface area (Å²) >= 11 is 0. The molecule has 2 N–H and O–H groups in total. The van der Waals surface area contributed by atoms with Gasteiger partial charge in [0.05, 0.1) is 24.8 Å². The van der Waals surface area contributed by atoms with E-state index in [9.17, 15) is 9.18 Å². The Morgan fingerprint density at radius 3 is 2.75 bits per heavy atom. The van der Waals surface area contributed by atoms with Gasteiger partial charge in [-0.05, 0) is 25.1 Å². The number of carbonyl (C=O) groups is 1. The molecule has 6 heteroatoms. The van der Waals surface area contributed by atoms with Crippen molar-refractivity contribution < 1.29 is 13.9 Å². The molecule has 0 aliphatic rings. The molecule has 2 rings (SSSR count). The Kier molecular flexibility index (Phi) is 5.74. The molecule has 5 nitrogen and oxygen atoms in total. The second-order valence-corrected chi connectivity index (χ2v) is 5.21. The molecule has 0 bridgehead atoms. The Bertz CT molecular complexity index is 771. The number of nitrogens with zero attached hydrogens (tertiary/aromatic N) is 1. The van der Waals surface area contributed by atoms with Crippen molar-refractivity contribution in [1.82, 2.24) is 10.6 Å². The van der Waals surface area contributed by atoms with E-state index >= 15 is 0 Å². The largest absolute Gasteiger partial charge is 0.496 e. The molecule has 0 aromatic heterocycles. The van der Waals surface area contributed by atoms with Crippen LogP contribution >= 0.6 is 0 Å². The standard InChI is InChI=1S/C18H18FN3O2/c1-12(15-5-3-4-6-17(15)24-2)22-18(23)21-11-14-8-7-13(10-20)9-16(14)19/h3-9,12H,11H2,1-2H3,(H2,21,22,23)/t12-/m0/s1. The van der Waals surface area contributed by atoms with Crippen molar-refractivity contribution in [3.8, 4) is 11.8 Å². The Labute approximate surface area is 140 Å². The Hall–Kier alpha value is -3.07. The molecule has 0 spiro atoms. The van der Waals surface area contributed by atoms with Gasteiger partial charge in [-0.15, -0.1) is 0 Å². The van der Waals surface area contributed by atoms with Crippen molar-refractivity contribution >= 4 is 6.03 Å². The van der Waals surface area contributed by atoms with Gasteiger partial charge in [-0.1, -0.05) is 24.3 Å². The van der Waals surface area contributed by atoms with E-state index in [-0.39, 0.29) is 18.2 Å². The van der Waals surface area contributed by atoms with Crippen molar-refractivity contribution in [3.05, 3.63) is 65.0 Å². The van der Waals surface area contributed by atoms with Gasteiger partial charge in [-0.25, -0.2) is 9.18 Å². The SMILES string of the molecule is COc1ccccc1[C@H](C)NC(=O)NCc1ccc(C#N)cc1F. The number of hydrogen-bond donors (Lipinski definition) is 2. The minimum absolute atomic E-state index is 0.0298. The van der Waals surface area contributed by atoms with Crippen LogP contribution < -0.4 is 15.4 Å². The van der Waals surface area contributed by atoms with Gasteiger partial charge in [0, 0.05) is 17.7 Å². The van der Waals surface area contributed by atoms with Crippen LogP contribution in [0.25, 0.3) is 0 Å². The summed E-state index contributed by atoms with van der Waals surface area (Å²) < 4.78 is 19.0. The second kappa shape index (κ2) is 7.97. The lowest BCUT2D eigenvalue weighted by Crippen LogP contribution is -2.36. The number of benzene rings is 2. The van der Waals surface area contributed by atoms with Gasteiger partial charge in [0.25, 0.3) is 0 Å². The van der Waals surface area contributed by atoms with Crippen molar-refractivity contribution in [2.24, 2.45) is 0 Å². The summed E-state index contributed by atoms with van der Waals surface area (Å²) in [6, 6.07) is 12.7. The van der Waals surface area contributed by atoms with E-state index in [0.29, 0.717) is 11.3 Å². The highest BCUT2D eigenvalue weighted by atomic mass is 19.1. The van der Waals surface area contributed by atoms with Crippen LogP contribution in [0.3, 0.4) is 0 Å². The quantitative estimate of drug-likeness (QED) is 0.885. The molecule has 24 heavy (non-hydrogen) atoms. The number of nitriles is 1. The highest BCUT2D eigenvalue weighted by molar-refractivity contribution is 5.74. The van der Waals surface area contributed by atoms with Crippen LogP contribution in [-0.2, 0) is 6.54 Å². The molecule has 0 saturated heterocycles. The van der Waals surface area contributed by atoms with Gasteiger partial charge in [0.15, 0.2) is 0 Å². The number of amides is 2. The molecule has 124 valence electrons. The number of halogens is 1. The molecule has 1 atom stereocenters. The van der Waals surface area contributed by atoms with Crippen molar-refractivity contribution in [3.63, 3.8) is 0 Å². The zero-order valence-corrected chi connectivity index (χ0v) is 13.5. The number of rotatable bonds is 5. The third-order valence-electron chi connectivity index (χ3n) is 3.57. The van der Waals surface area contributed by atoms with E-state index < -0.39 is 11.8 Å². The number of hydrogen-bond acceptors (Lipinski definition) is 3. The summed E-state index contributed by atoms with van der Waals surface area (Å²) in [4.78, 5) is 12.0. The molecule has 2 aromatic carbocycles. The number of para-hydroxylation sites is 1. The lowest BCUT2D eigenvalue weighted by atomic mass is 10.1. The van der Waals surface area contributed by atoms with E-state index in [1.807, 2.05) is 37.3 Å². The lowest BCUT2D eigenvalue weighted by Gasteiger charge is -2.17. The molecular formula is C18H18FN3O2. The summed E-state index contributed by atoms with van der Waals surface area (Å²) in [7, 11) is 1.57. The maximum atomic E-state index is 13.8. The second-order valence-electron chi connectivity index (χ2n) is 5.21. The third kappa shape index (κ3) is 4.23. The predicted octanol–water partition coefficient (Wildman–Crippen LogP) is 3.27. The zero-order chi connectivity index (χ0) is 17.5. The summed E-state index contributed by atoms with van der Waals surface area (Å²) in [5.74, 6) is 0.163. The number of methoxy groups -OCH3 is 1. The fourth-order valence-corrected chi connectivity index (χ4v) is 2.29. The number of nitrogens with one attached hydrogen (secondary N) is 2. The minimum atomic E-state index is -0.521. The third-order valence-corrected chi connectivity index (χ3v) is 3.57. The molecule has 0 heterocycles. The molecule has 2 amide bonds. The molecule has 2 aromatic rings. The molecule has 0 aliphatic heterocycles. The van der Waals surface area contributed by atoms with Gasteiger partial charge in [0.2, 0.25) is 0 Å². The van der Waals surface area contributed by atoms with Gasteiger partial charge in [-0.3, -0.25) is 0 Å². The van der Waals surface area contributed by atoms with Gasteiger partial charge >= 0.3 is 6.03 Å². The molecule has 0 radical (unpaired) electrons. The smallest absolute Gasteiger partial charge is 0.315 e. The number of ether oxygens (including phenoxy) is 1. The first-order chi connectivity index (χ1) is 11.5. The first kappa shape index (κ1) is 17.3. The Morgan fingerprint density at radius 2 is 2.08 bits per heavy atom. The molecular weight excluding hydrogens is 309 g/mol. The number of carbonyl (C=O) groups excluding carboxylic acids is 1. The zero-order valence-electron chi connectivity index (χ0n) is 13.5. The fraction of sp³-hybridized carbons (Fsp3) is 0.222. The fourth-order valence-electron chi connectivity index (χ4n) is 2.29. The van der Waals surface area contributed by atoms with Crippen LogP contribution in [0.2, 0.25) is 0 Å². The monoisotopic (exact) mass is 327 g/mol. The maximum Gasteiger partial charge on any atom is 0.315 e. The van der Waals surface area contributed by atoms with E-state index in [2.05, 4.69) is 10.6 Å². The molecule has 0 unspecified atom stereocenters. The minimum Gasteiger partial charge on any atom is -0.496 e. The van der Waals surface area contributed by atoms with E-state index in [0.717, 1.165) is 11.6 Å². The number of urea groups is 1. The first-order valence-electron chi connectivity index (χ1n) is 7.41. The molecule has 0 fully saturated rings. The first-order valence-corrected chi connectivity index (χ1v) is 7.41. The maximum absolute atomic E-state index is 13.8. The molecule has 0 aliphatic carbocycles.